The largest absolute Gasteiger partial charge is 0.458 e. The van der Waals surface area contributed by atoms with E-state index in [4.69, 9.17) is 10.5 Å². The van der Waals surface area contributed by atoms with Gasteiger partial charge in [0.25, 0.3) is 5.91 Å². The van der Waals surface area contributed by atoms with Gasteiger partial charge in [-0.15, -0.1) is 0 Å². The summed E-state index contributed by atoms with van der Waals surface area (Å²) in [5, 5.41) is 0. The van der Waals surface area contributed by atoms with Crippen LogP contribution in [0.25, 0.3) is 11.1 Å². The maximum atomic E-state index is 13.8. The molecule has 0 aliphatic heterocycles. The molecule has 7 heteroatoms. The molecular formula is C29H31IN2O4. The Kier molecular flexibility index (Phi) is 9.25. The second-order valence-electron chi connectivity index (χ2n) is 9.56. The van der Waals surface area contributed by atoms with Crippen molar-refractivity contribution in [2.24, 2.45) is 5.73 Å². The van der Waals surface area contributed by atoms with Crippen molar-refractivity contribution in [3.63, 3.8) is 0 Å². The Bertz CT molecular complexity index is 1200. The zero-order valence-electron chi connectivity index (χ0n) is 20.7. The van der Waals surface area contributed by atoms with Crippen molar-refractivity contribution in [1.82, 2.24) is 4.90 Å². The monoisotopic (exact) mass is 598 g/mol. The molecule has 0 saturated heterocycles. The smallest absolute Gasteiger partial charge is 0.329 e. The van der Waals surface area contributed by atoms with Crippen molar-refractivity contribution < 1.29 is 19.1 Å². The molecule has 6 nitrogen and oxygen atoms in total. The molecule has 0 radical (unpaired) electrons. The number of nitrogens with zero attached hydrogens (tertiary/aromatic N) is 1. The molecule has 188 valence electrons. The minimum absolute atomic E-state index is 0.0487. The lowest BCUT2D eigenvalue weighted by atomic mass is 10.0. The minimum Gasteiger partial charge on any atom is -0.458 e. The summed E-state index contributed by atoms with van der Waals surface area (Å²) in [7, 11) is 0. The summed E-state index contributed by atoms with van der Waals surface area (Å²) >= 11 is 2.21. The molecule has 0 bridgehead atoms. The first-order valence-electron chi connectivity index (χ1n) is 11.8. The number of ether oxygens (including phenoxy) is 1. The van der Waals surface area contributed by atoms with Crippen LogP contribution >= 0.6 is 22.6 Å². The van der Waals surface area contributed by atoms with Gasteiger partial charge in [-0.05, 0) is 90.7 Å². The molecule has 1 atom stereocenters. The van der Waals surface area contributed by atoms with E-state index >= 15 is 0 Å². The zero-order valence-corrected chi connectivity index (χ0v) is 22.9. The van der Waals surface area contributed by atoms with E-state index < -0.39 is 23.5 Å². The van der Waals surface area contributed by atoms with Gasteiger partial charge in [0.15, 0.2) is 0 Å². The van der Waals surface area contributed by atoms with Gasteiger partial charge in [0.05, 0.1) is 0 Å². The normalized spacial score (nSPS) is 12.0. The fourth-order valence-corrected chi connectivity index (χ4v) is 4.41. The second-order valence-corrected chi connectivity index (χ2v) is 10.8. The number of benzene rings is 3. The van der Waals surface area contributed by atoms with Gasteiger partial charge in [-0.25, -0.2) is 4.79 Å². The van der Waals surface area contributed by atoms with E-state index in [2.05, 4.69) is 22.6 Å². The highest BCUT2D eigenvalue weighted by molar-refractivity contribution is 14.1. The summed E-state index contributed by atoms with van der Waals surface area (Å²) in [6.07, 6.45) is 0.0228. The summed E-state index contributed by atoms with van der Waals surface area (Å²) in [5.74, 6) is -1.44. The maximum absolute atomic E-state index is 13.8. The van der Waals surface area contributed by atoms with Gasteiger partial charge >= 0.3 is 5.97 Å². The molecule has 0 aliphatic carbocycles. The van der Waals surface area contributed by atoms with Crippen LogP contribution in [0.5, 0.6) is 0 Å². The molecular weight excluding hydrogens is 567 g/mol. The number of primary amides is 1. The molecule has 0 spiro atoms. The highest BCUT2D eigenvalue weighted by atomic mass is 127. The summed E-state index contributed by atoms with van der Waals surface area (Å²) < 4.78 is 6.66. The predicted octanol–water partition coefficient (Wildman–Crippen LogP) is 5.58. The zero-order chi connectivity index (χ0) is 26.3. The summed E-state index contributed by atoms with van der Waals surface area (Å²) in [5.41, 5.74) is 7.98. The van der Waals surface area contributed by atoms with Crippen molar-refractivity contribution in [3.8, 4) is 11.1 Å². The highest BCUT2D eigenvalue weighted by Crippen LogP contribution is 2.24. The van der Waals surface area contributed by atoms with Crippen molar-refractivity contribution >= 4 is 40.4 Å². The molecule has 3 aromatic carbocycles. The quantitative estimate of drug-likeness (QED) is 0.258. The molecule has 2 amide bonds. The predicted molar refractivity (Wildman–Crippen MR) is 149 cm³/mol. The van der Waals surface area contributed by atoms with Crippen LogP contribution in [0.1, 0.15) is 49.5 Å². The highest BCUT2D eigenvalue weighted by Gasteiger charge is 2.34. The van der Waals surface area contributed by atoms with Gasteiger partial charge in [0.1, 0.15) is 11.6 Å². The van der Waals surface area contributed by atoms with E-state index in [0.717, 1.165) is 20.3 Å². The number of hydrogen-bond acceptors (Lipinski definition) is 4. The number of rotatable bonds is 9. The molecule has 3 rings (SSSR count). The van der Waals surface area contributed by atoms with Crippen molar-refractivity contribution in [3.05, 3.63) is 93.6 Å². The van der Waals surface area contributed by atoms with Crippen molar-refractivity contribution in [1.29, 1.82) is 0 Å². The number of carbonyl (C=O) groups excluding carboxylic acids is 3. The van der Waals surface area contributed by atoms with Crippen LogP contribution in [0.2, 0.25) is 0 Å². The average molecular weight is 598 g/mol. The third-order valence-electron chi connectivity index (χ3n) is 5.46. The summed E-state index contributed by atoms with van der Waals surface area (Å²) in [6, 6.07) is 23.9. The third kappa shape index (κ3) is 7.91. The Morgan fingerprint density at radius 2 is 1.56 bits per heavy atom. The third-order valence-corrected chi connectivity index (χ3v) is 6.13. The van der Waals surface area contributed by atoms with Crippen molar-refractivity contribution in [2.75, 3.05) is 0 Å². The SMILES string of the molecule is CC(C)(C)OC(=O)[C@H](CCC(N)=O)N(Cc1cccc(I)c1)C(=O)c1ccc(-c2ccccc2)cc1. The lowest BCUT2D eigenvalue weighted by Crippen LogP contribution is -2.47. The van der Waals surface area contributed by atoms with E-state index in [9.17, 15) is 14.4 Å². The molecule has 0 unspecified atom stereocenters. The molecule has 0 saturated carbocycles. The number of esters is 1. The topological polar surface area (TPSA) is 89.7 Å². The Morgan fingerprint density at radius 3 is 2.14 bits per heavy atom. The Hall–Kier alpha value is -3.20. The first-order chi connectivity index (χ1) is 17.0. The molecule has 0 heterocycles. The molecule has 0 fully saturated rings. The van der Waals surface area contributed by atoms with Crippen LogP contribution in [0, 0.1) is 3.57 Å². The first kappa shape index (κ1) is 27.4. The lowest BCUT2D eigenvalue weighted by molar-refractivity contribution is -0.161. The van der Waals surface area contributed by atoms with Crippen molar-refractivity contribution in [2.45, 2.75) is 51.8 Å². The molecule has 0 aromatic heterocycles. The van der Waals surface area contributed by atoms with Gasteiger partial charge in [-0.2, -0.15) is 0 Å². The number of nitrogens with two attached hydrogens (primary N) is 1. The molecule has 36 heavy (non-hydrogen) atoms. The van der Waals surface area contributed by atoms with E-state index in [1.807, 2.05) is 66.7 Å². The van der Waals surface area contributed by atoms with Crippen LogP contribution < -0.4 is 5.73 Å². The van der Waals surface area contributed by atoms with Gasteiger partial charge < -0.3 is 15.4 Å². The van der Waals surface area contributed by atoms with E-state index in [1.54, 1.807) is 32.9 Å². The van der Waals surface area contributed by atoms with Gasteiger partial charge in [-0.1, -0.05) is 54.6 Å². The summed E-state index contributed by atoms with van der Waals surface area (Å²) in [4.78, 5) is 40.2. The van der Waals surface area contributed by atoms with Crippen LogP contribution in [-0.2, 0) is 20.9 Å². The Balaban J connectivity index is 1.99. The molecule has 2 N–H and O–H groups in total. The van der Waals surface area contributed by atoms with Crippen LogP contribution in [0.3, 0.4) is 0 Å². The Labute approximate surface area is 226 Å². The minimum atomic E-state index is -0.976. The molecule has 3 aromatic rings. The fraction of sp³-hybridized carbons (Fsp3) is 0.276. The van der Waals surface area contributed by atoms with E-state index in [-0.39, 0.29) is 25.3 Å². The first-order valence-corrected chi connectivity index (χ1v) is 12.8. The van der Waals surface area contributed by atoms with E-state index in [0.29, 0.717) is 5.56 Å². The van der Waals surface area contributed by atoms with Gasteiger partial charge in [0, 0.05) is 22.1 Å². The number of amides is 2. The van der Waals surface area contributed by atoms with Crippen LogP contribution in [0.15, 0.2) is 78.9 Å². The Morgan fingerprint density at radius 1 is 0.917 bits per heavy atom. The van der Waals surface area contributed by atoms with E-state index in [1.165, 1.54) is 4.90 Å². The number of halogens is 1. The van der Waals surface area contributed by atoms with Crippen LogP contribution in [-0.4, -0.2) is 34.3 Å². The standard InChI is InChI=1S/C29H31IN2O4/c1-29(2,3)36-28(35)25(16-17-26(31)33)32(19-20-8-7-11-24(30)18-20)27(34)23-14-12-22(13-15-23)21-9-5-4-6-10-21/h4-15,18,25H,16-17,19H2,1-3H3,(H2,31,33)/t25-/m0/s1. The maximum Gasteiger partial charge on any atom is 0.329 e. The second kappa shape index (κ2) is 12.2. The summed E-state index contributed by atoms with van der Waals surface area (Å²) in [6.45, 7) is 5.48. The van der Waals surface area contributed by atoms with Crippen LogP contribution in [0.4, 0.5) is 0 Å². The number of hydrogen-bond donors (Lipinski definition) is 1. The van der Waals surface area contributed by atoms with Gasteiger partial charge in [0.2, 0.25) is 5.91 Å². The number of carbonyl (C=O) groups is 3. The lowest BCUT2D eigenvalue weighted by Gasteiger charge is -2.33. The average Bonchev–Trinajstić information content (AvgIpc) is 2.82. The van der Waals surface area contributed by atoms with Gasteiger partial charge in [-0.3, -0.25) is 9.59 Å². The molecule has 0 aliphatic rings. The fourth-order valence-electron chi connectivity index (χ4n) is 3.81.